The summed E-state index contributed by atoms with van der Waals surface area (Å²) in [5, 5.41) is 0. The van der Waals surface area contributed by atoms with Gasteiger partial charge in [-0.15, -0.1) is 0 Å². The van der Waals surface area contributed by atoms with E-state index in [4.69, 9.17) is 18.9 Å². The quantitative estimate of drug-likeness (QED) is 0.294. The molecule has 0 radical (unpaired) electrons. The van der Waals surface area contributed by atoms with E-state index in [1.165, 1.54) is 38.5 Å². The normalized spacial score (nSPS) is 20.1. The van der Waals surface area contributed by atoms with Crippen molar-refractivity contribution in [2.24, 2.45) is 5.92 Å². The summed E-state index contributed by atoms with van der Waals surface area (Å²) in [7, 11) is 4.91. The second kappa shape index (κ2) is 9.72. The number of unbranched alkanes of at least 4 members (excludes halogenated alkanes) is 4. The zero-order valence-corrected chi connectivity index (χ0v) is 13.7. The molecule has 0 aliphatic carbocycles. The Hall–Kier alpha value is -0.160. The Kier molecular flexibility index (Phi) is 8.69. The highest BCUT2D eigenvalue weighted by Gasteiger charge is 2.36. The van der Waals surface area contributed by atoms with Gasteiger partial charge in [0, 0.05) is 27.8 Å². The minimum Gasteiger partial charge on any atom is -0.373 e. The van der Waals surface area contributed by atoms with Gasteiger partial charge in [-0.05, 0) is 12.3 Å². The molecular formula is C16H32O4. The van der Waals surface area contributed by atoms with E-state index in [1.807, 2.05) is 0 Å². The van der Waals surface area contributed by atoms with Crippen molar-refractivity contribution >= 4 is 0 Å². The molecule has 20 heavy (non-hydrogen) atoms. The van der Waals surface area contributed by atoms with Crippen molar-refractivity contribution in [3.8, 4) is 0 Å². The molecule has 1 fully saturated rings. The van der Waals surface area contributed by atoms with E-state index in [0.717, 1.165) is 19.4 Å². The molecule has 4 nitrogen and oxygen atoms in total. The Morgan fingerprint density at radius 3 is 2.15 bits per heavy atom. The van der Waals surface area contributed by atoms with Crippen molar-refractivity contribution in [3.05, 3.63) is 0 Å². The maximum atomic E-state index is 5.43. The van der Waals surface area contributed by atoms with Crippen molar-refractivity contribution in [2.45, 2.75) is 70.4 Å². The third-order valence-electron chi connectivity index (χ3n) is 4.19. The number of rotatable bonds is 13. The van der Waals surface area contributed by atoms with Crippen LogP contribution in [0, 0.1) is 5.92 Å². The molecule has 1 rings (SSSR count). The van der Waals surface area contributed by atoms with E-state index in [2.05, 4.69) is 6.92 Å². The van der Waals surface area contributed by atoms with Crippen LogP contribution in [0.3, 0.4) is 0 Å². The Morgan fingerprint density at radius 2 is 1.65 bits per heavy atom. The summed E-state index contributed by atoms with van der Waals surface area (Å²) in [6.07, 6.45) is 10.1. The van der Waals surface area contributed by atoms with Crippen LogP contribution in [0.15, 0.2) is 0 Å². The molecule has 1 aliphatic rings. The second-order valence-electron chi connectivity index (χ2n) is 5.76. The van der Waals surface area contributed by atoms with Crippen molar-refractivity contribution < 1.29 is 18.9 Å². The van der Waals surface area contributed by atoms with Crippen LogP contribution in [-0.4, -0.2) is 40.0 Å². The van der Waals surface area contributed by atoms with E-state index in [0.29, 0.717) is 12.0 Å². The highest BCUT2D eigenvalue weighted by atomic mass is 16.9. The second-order valence-corrected chi connectivity index (χ2v) is 5.76. The van der Waals surface area contributed by atoms with Gasteiger partial charge in [-0.1, -0.05) is 45.4 Å². The number of methoxy groups -OCH3 is 3. The first-order valence-electron chi connectivity index (χ1n) is 7.96. The molecule has 4 heteroatoms. The SMILES string of the molecule is CCCCCCCC(CC1CO1)CC(OC)(OC)OC. The van der Waals surface area contributed by atoms with Gasteiger partial charge in [-0.3, -0.25) is 0 Å². The zero-order valence-electron chi connectivity index (χ0n) is 13.7. The van der Waals surface area contributed by atoms with Gasteiger partial charge >= 0.3 is 0 Å². The fourth-order valence-electron chi connectivity index (χ4n) is 2.77. The lowest BCUT2D eigenvalue weighted by Gasteiger charge is -2.32. The monoisotopic (exact) mass is 288 g/mol. The maximum Gasteiger partial charge on any atom is 0.282 e. The van der Waals surface area contributed by atoms with Crippen LogP contribution in [0.25, 0.3) is 0 Å². The molecule has 0 aromatic heterocycles. The molecule has 0 amide bonds. The van der Waals surface area contributed by atoms with Gasteiger partial charge in [0.25, 0.3) is 5.97 Å². The van der Waals surface area contributed by atoms with E-state index in [9.17, 15) is 0 Å². The lowest BCUT2D eigenvalue weighted by atomic mass is 9.91. The average molecular weight is 288 g/mol. The van der Waals surface area contributed by atoms with Crippen LogP contribution >= 0.6 is 0 Å². The summed E-state index contributed by atoms with van der Waals surface area (Å²) in [4.78, 5) is 0. The molecule has 1 heterocycles. The van der Waals surface area contributed by atoms with Gasteiger partial charge in [-0.25, -0.2) is 0 Å². The standard InChI is InChI=1S/C16H32O4/c1-5-6-7-8-9-10-14(11-15-13-20-15)12-16(17-2,18-3)19-4/h14-15H,5-13H2,1-4H3. The molecule has 1 saturated heterocycles. The molecule has 2 atom stereocenters. The minimum atomic E-state index is -0.900. The summed E-state index contributed by atoms with van der Waals surface area (Å²) < 4.78 is 21.7. The van der Waals surface area contributed by atoms with Gasteiger partial charge in [0.05, 0.1) is 12.7 Å². The number of epoxide rings is 1. The molecular weight excluding hydrogens is 256 g/mol. The van der Waals surface area contributed by atoms with E-state index >= 15 is 0 Å². The van der Waals surface area contributed by atoms with Crippen molar-refractivity contribution in [1.82, 2.24) is 0 Å². The molecule has 0 aromatic rings. The van der Waals surface area contributed by atoms with Gasteiger partial charge in [0.2, 0.25) is 0 Å². The smallest absolute Gasteiger partial charge is 0.282 e. The van der Waals surface area contributed by atoms with Crippen molar-refractivity contribution in [3.63, 3.8) is 0 Å². The first-order valence-corrected chi connectivity index (χ1v) is 7.96. The Labute approximate surface area is 124 Å². The largest absolute Gasteiger partial charge is 0.373 e. The number of hydrogen-bond acceptors (Lipinski definition) is 4. The summed E-state index contributed by atoms with van der Waals surface area (Å²) in [5.74, 6) is -0.368. The Balaban J connectivity index is 2.37. The van der Waals surface area contributed by atoms with Crippen LogP contribution < -0.4 is 0 Å². The first kappa shape index (κ1) is 17.9. The fraction of sp³-hybridized carbons (Fsp3) is 1.00. The number of hydrogen-bond donors (Lipinski definition) is 0. The Bertz CT molecular complexity index is 228. The zero-order chi connectivity index (χ0) is 14.8. The molecule has 0 spiro atoms. The average Bonchev–Trinajstić information content (AvgIpc) is 3.28. The van der Waals surface area contributed by atoms with E-state index in [1.54, 1.807) is 21.3 Å². The predicted molar refractivity (Wildman–Crippen MR) is 79.6 cm³/mol. The third kappa shape index (κ3) is 6.53. The molecule has 0 bridgehead atoms. The number of ether oxygens (including phenoxy) is 4. The highest BCUT2D eigenvalue weighted by Crippen LogP contribution is 2.32. The third-order valence-corrected chi connectivity index (χ3v) is 4.19. The maximum absolute atomic E-state index is 5.43. The predicted octanol–water partition coefficient (Wildman–Crippen LogP) is 3.74. The summed E-state index contributed by atoms with van der Waals surface area (Å²) in [6, 6.07) is 0. The van der Waals surface area contributed by atoms with Crippen molar-refractivity contribution in [1.29, 1.82) is 0 Å². The van der Waals surface area contributed by atoms with Gasteiger partial charge in [0.15, 0.2) is 0 Å². The molecule has 120 valence electrons. The molecule has 0 aromatic carbocycles. The van der Waals surface area contributed by atoms with Crippen molar-refractivity contribution in [2.75, 3.05) is 27.9 Å². The lowest BCUT2D eigenvalue weighted by Crippen LogP contribution is -2.38. The molecule has 1 aliphatic heterocycles. The summed E-state index contributed by atoms with van der Waals surface area (Å²) in [6.45, 7) is 3.16. The molecule has 0 saturated carbocycles. The van der Waals surface area contributed by atoms with Crippen LogP contribution in [0.2, 0.25) is 0 Å². The first-order chi connectivity index (χ1) is 9.69. The molecule has 2 unspecified atom stereocenters. The van der Waals surface area contributed by atoms with E-state index in [-0.39, 0.29) is 0 Å². The fourth-order valence-corrected chi connectivity index (χ4v) is 2.77. The summed E-state index contributed by atoms with van der Waals surface area (Å²) >= 11 is 0. The Morgan fingerprint density at radius 1 is 1.05 bits per heavy atom. The van der Waals surface area contributed by atoms with Crippen LogP contribution in [0.1, 0.15) is 58.3 Å². The van der Waals surface area contributed by atoms with Gasteiger partial charge < -0.3 is 18.9 Å². The minimum absolute atomic E-state index is 0.443. The highest BCUT2D eigenvalue weighted by molar-refractivity contribution is 4.77. The van der Waals surface area contributed by atoms with Crippen LogP contribution in [0.4, 0.5) is 0 Å². The van der Waals surface area contributed by atoms with Gasteiger partial charge in [-0.2, -0.15) is 0 Å². The summed E-state index contributed by atoms with van der Waals surface area (Å²) in [5.41, 5.74) is 0. The van der Waals surface area contributed by atoms with E-state index < -0.39 is 5.97 Å². The van der Waals surface area contributed by atoms with Crippen LogP contribution in [0.5, 0.6) is 0 Å². The lowest BCUT2D eigenvalue weighted by molar-refractivity contribution is -0.359. The molecule has 0 N–H and O–H groups in total. The topological polar surface area (TPSA) is 40.2 Å². The van der Waals surface area contributed by atoms with Gasteiger partial charge in [0.1, 0.15) is 0 Å². The van der Waals surface area contributed by atoms with Crippen LogP contribution in [-0.2, 0) is 18.9 Å².